The number of aliphatic hydroxyl groups excluding tert-OH is 1. The lowest BCUT2D eigenvalue weighted by molar-refractivity contribution is -0.140. The van der Waals surface area contributed by atoms with Gasteiger partial charge in [-0.1, -0.05) is 42.5 Å². The van der Waals surface area contributed by atoms with Crippen LogP contribution in [0.2, 0.25) is 0 Å². The summed E-state index contributed by atoms with van der Waals surface area (Å²) in [7, 11) is 1.30. The number of ether oxygens (including phenoxy) is 2. The molecule has 2 heterocycles. The van der Waals surface area contributed by atoms with Crippen LogP contribution in [-0.4, -0.2) is 40.9 Å². The van der Waals surface area contributed by atoms with E-state index in [4.69, 9.17) is 9.47 Å². The van der Waals surface area contributed by atoms with Crippen molar-refractivity contribution >= 4 is 23.4 Å². The van der Waals surface area contributed by atoms with Crippen molar-refractivity contribution in [3.8, 4) is 5.75 Å². The van der Waals surface area contributed by atoms with E-state index in [0.29, 0.717) is 23.1 Å². The van der Waals surface area contributed by atoms with Crippen molar-refractivity contribution < 1.29 is 29.0 Å². The number of carbonyl (C=O) groups is 3. The van der Waals surface area contributed by atoms with Gasteiger partial charge in [0.15, 0.2) is 0 Å². The summed E-state index contributed by atoms with van der Waals surface area (Å²) < 4.78 is 10.5. The van der Waals surface area contributed by atoms with E-state index < -0.39 is 23.7 Å². The molecule has 2 aliphatic heterocycles. The topological polar surface area (TPSA) is 93.1 Å². The fraction of sp³-hybridized carbons (Fsp3) is 0.207. The van der Waals surface area contributed by atoms with E-state index >= 15 is 0 Å². The molecule has 36 heavy (non-hydrogen) atoms. The van der Waals surface area contributed by atoms with Gasteiger partial charge in [0.05, 0.1) is 24.3 Å². The van der Waals surface area contributed by atoms with Crippen LogP contribution >= 0.6 is 0 Å². The summed E-state index contributed by atoms with van der Waals surface area (Å²) in [5, 5.41) is 11.4. The van der Waals surface area contributed by atoms with Crippen LogP contribution in [0.15, 0.2) is 78.4 Å². The smallest absolute Gasteiger partial charge is 0.337 e. The van der Waals surface area contributed by atoms with Crippen LogP contribution in [0.3, 0.4) is 0 Å². The van der Waals surface area contributed by atoms with Crippen molar-refractivity contribution in [2.75, 3.05) is 7.11 Å². The Labute approximate surface area is 208 Å². The zero-order valence-corrected chi connectivity index (χ0v) is 19.9. The number of likely N-dealkylation sites (tertiary alicyclic amines) is 1. The second-order valence-electron chi connectivity index (χ2n) is 8.98. The summed E-state index contributed by atoms with van der Waals surface area (Å²) in [5.41, 5.74) is 3.17. The maximum Gasteiger partial charge on any atom is 0.337 e. The Morgan fingerprint density at radius 2 is 1.72 bits per heavy atom. The molecule has 1 N–H and O–H groups in total. The summed E-state index contributed by atoms with van der Waals surface area (Å²) in [5.74, 6) is -1.43. The minimum atomic E-state index is -0.833. The number of ketones is 1. The van der Waals surface area contributed by atoms with Crippen LogP contribution in [0.5, 0.6) is 5.75 Å². The van der Waals surface area contributed by atoms with Gasteiger partial charge in [-0.15, -0.1) is 0 Å². The first-order chi connectivity index (χ1) is 17.4. The highest BCUT2D eigenvalue weighted by Crippen LogP contribution is 2.41. The molecule has 1 fully saturated rings. The highest BCUT2D eigenvalue weighted by molar-refractivity contribution is 6.46. The maximum atomic E-state index is 13.3. The normalized spacial score (nSPS) is 20.2. The second-order valence-corrected chi connectivity index (χ2v) is 8.98. The molecule has 3 aromatic carbocycles. The van der Waals surface area contributed by atoms with Gasteiger partial charge in [-0.25, -0.2) is 4.79 Å². The fourth-order valence-electron chi connectivity index (χ4n) is 4.81. The Hall–Kier alpha value is -4.39. The molecule has 0 saturated carbocycles. The molecule has 0 aromatic heterocycles. The Balaban J connectivity index is 1.62. The van der Waals surface area contributed by atoms with Crippen LogP contribution < -0.4 is 4.74 Å². The number of hydrogen-bond acceptors (Lipinski definition) is 6. The minimum absolute atomic E-state index is 0.00802. The van der Waals surface area contributed by atoms with Gasteiger partial charge in [-0.3, -0.25) is 9.59 Å². The van der Waals surface area contributed by atoms with Gasteiger partial charge < -0.3 is 19.5 Å². The van der Waals surface area contributed by atoms with E-state index in [1.165, 1.54) is 12.0 Å². The first-order valence-corrected chi connectivity index (χ1v) is 11.7. The van der Waals surface area contributed by atoms with Gasteiger partial charge in [0.25, 0.3) is 11.7 Å². The first kappa shape index (κ1) is 23.4. The van der Waals surface area contributed by atoms with Crippen LogP contribution in [-0.2, 0) is 27.3 Å². The molecule has 5 rings (SSSR count). The number of fused-ring (bicyclic) bond motifs is 1. The van der Waals surface area contributed by atoms with Crippen LogP contribution in [0.1, 0.15) is 45.6 Å². The minimum Gasteiger partial charge on any atom is -0.507 e. The average Bonchev–Trinajstić information content (AvgIpc) is 3.39. The Morgan fingerprint density at radius 3 is 2.42 bits per heavy atom. The molecule has 7 nitrogen and oxygen atoms in total. The third-order valence-electron chi connectivity index (χ3n) is 6.55. The molecular formula is C29H25NO6. The number of carbonyl (C=O) groups excluding carboxylic acids is 3. The zero-order valence-electron chi connectivity index (χ0n) is 19.9. The molecule has 0 bridgehead atoms. The van der Waals surface area contributed by atoms with Crippen molar-refractivity contribution in [1.82, 2.24) is 4.90 Å². The summed E-state index contributed by atoms with van der Waals surface area (Å²) >= 11 is 0. The molecule has 2 atom stereocenters. The van der Waals surface area contributed by atoms with E-state index in [1.807, 2.05) is 37.3 Å². The molecular weight excluding hydrogens is 458 g/mol. The lowest BCUT2D eigenvalue weighted by Gasteiger charge is -2.25. The van der Waals surface area contributed by atoms with Gasteiger partial charge >= 0.3 is 5.97 Å². The molecule has 1 amide bonds. The highest BCUT2D eigenvalue weighted by Gasteiger charge is 2.46. The van der Waals surface area contributed by atoms with E-state index in [0.717, 1.165) is 16.9 Å². The number of esters is 1. The number of benzene rings is 3. The third kappa shape index (κ3) is 4.13. The summed E-state index contributed by atoms with van der Waals surface area (Å²) in [6.45, 7) is 2.15. The molecule has 182 valence electrons. The van der Waals surface area contributed by atoms with Crippen molar-refractivity contribution in [2.45, 2.75) is 32.0 Å². The standard InChI is InChI=1S/C29H25NO6/c1-17-14-22-15-21(12-13-23(22)36-17)26(31)24-25(19-8-10-20(11-9-19)29(34)35-2)30(28(33)27(24)32)16-18-6-4-3-5-7-18/h3-13,15,17,25,31H,14,16H2,1-2H3/b26-24+/t17-,25+/m0/s1. The summed E-state index contributed by atoms with van der Waals surface area (Å²) in [6, 6.07) is 20.3. The van der Waals surface area contributed by atoms with Crippen molar-refractivity contribution in [3.05, 3.63) is 106 Å². The van der Waals surface area contributed by atoms with Crippen molar-refractivity contribution in [3.63, 3.8) is 0 Å². The quantitative estimate of drug-likeness (QED) is 0.250. The molecule has 1 saturated heterocycles. The van der Waals surface area contributed by atoms with E-state index in [-0.39, 0.29) is 24.0 Å². The molecule has 0 radical (unpaired) electrons. The lowest BCUT2D eigenvalue weighted by atomic mass is 9.93. The summed E-state index contributed by atoms with van der Waals surface area (Å²) in [4.78, 5) is 39.9. The first-order valence-electron chi connectivity index (χ1n) is 11.7. The van der Waals surface area contributed by atoms with E-state index in [9.17, 15) is 19.5 Å². The van der Waals surface area contributed by atoms with Crippen molar-refractivity contribution in [1.29, 1.82) is 0 Å². The molecule has 0 aliphatic carbocycles. The van der Waals surface area contributed by atoms with Crippen LogP contribution in [0, 0.1) is 0 Å². The van der Waals surface area contributed by atoms with E-state index in [1.54, 1.807) is 42.5 Å². The van der Waals surface area contributed by atoms with Crippen molar-refractivity contribution in [2.24, 2.45) is 0 Å². The SMILES string of the molecule is COC(=O)c1ccc([C@@H]2/C(=C(\O)c3ccc4c(c3)C[C@H](C)O4)C(=O)C(=O)N2Cc2ccccc2)cc1. The van der Waals surface area contributed by atoms with Gasteiger partial charge in [0.2, 0.25) is 0 Å². The molecule has 2 aliphatic rings. The third-order valence-corrected chi connectivity index (χ3v) is 6.55. The molecule has 3 aromatic rings. The lowest BCUT2D eigenvalue weighted by Crippen LogP contribution is -2.29. The molecule has 0 spiro atoms. The Kier molecular flexibility index (Phi) is 6.06. The Morgan fingerprint density at radius 1 is 1.03 bits per heavy atom. The van der Waals surface area contributed by atoms with Crippen LogP contribution in [0.4, 0.5) is 0 Å². The van der Waals surface area contributed by atoms with E-state index in [2.05, 4.69) is 0 Å². The Bertz CT molecular complexity index is 1380. The number of nitrogens with zero attached hydrogens (tertiary/aromatic N) is 1. The number of hydrogen-bond donors (Lipinski definition) is 1. The molecule has 7 heteroatoms. The number of Topliss-reactive ketones (excluding diaryl/α,β-unsaturated/α-hetero) is 1. The number of rotatable bonds is 5. The number of methoxy groups -OCH3 is 1. The van der Waals surface area contributed by atoms with Crippen LogP contribution in [0.25, 0.3) is 5.76 Å². The monoisotopic (exact) mass is 483 g/mol. The molecule has 0 unspecified atom stereocenters. The number of aliphatic hydroxyl groups is 1. The highest BCUT2D eigenvalue weighted by atomic mass is 16.5. The predicted molar refractivity (Wildman–Crippen MR) is 132 cm³/mol. The average molecular weight is 484 g/mol. The summed E-state index contributed by atoms with van der Waals surface area (Å²) in [6.07, 6.45) is 0.721. The van der Waals surface area contributed by atoms with Gasteiger partial charge in [0.1, 0.15) is 17.6 Å². The zero-order chi connectivity index (χ0) is 25.4. The number of amides is 1. The largest absolute Gasteiger partial charge is 0.507 e. The maximum absolute atomic E-state index is 13.3. The second kappa shape index (κ2) is 9.34. The predicted octanol–water partition coefficient (Wildman–Crippen LogP) is 4.42. The van der Waals surface area contributed by atoms with Gasteiger partial charge in [0, 0.05) is 18.5 Å². The van der Waals surface area contributed by atoms with Gasteiger partial charge in [-0.05, 0) is 53.9 Å². The fourth-order valence-corrected chi connectivity index (χ4v) is 4.81. The van der Waals surface area contributed by atoms with Gasteiger partial charge in [-0.2, -0.15) is 0 Å².